The highest BCUT2D eigenvalue weighted by molar-refractivity contribution is 5.22. The minimum Gasteiger partial charge on any atom is -0.324 e. The number of benzene rings is 1. The van der Waals surface area contributed by atoms with E-state index in [1.807, 2.05) is 6.92 Å². The number of hydrogen-bond acceptors (Lipinski definition) is 1. The van der Waals surface area contributed by atoms with Crippen molar-refractivity contribution in [3.05, 3.63) is 47.5 Å². The van der Waals surface area contributed by atoms with E-state index < -0.39 is 11.6 Å². The van der Waals surface area contributed by atoms with Gasteiger partial charge in [0.15, 0.2) is 0 Å². The maximum absolute atomic E-state index is 12.9. The largest absolute Gasteiger partial charge is 0.324 e. The van der Waals surface area contributed by atoms with Crippen molar-refractivity contribution in [2.45, 2.75) is 25.8 Å². The summed E-state index contributed by atoms with van der Waals surface area (Å²) >= 11 is 0. The molecule has 1 nitrogen and oxygen atoms in total. The Morgan fingerprint density at radius 2 is 1.87 bits per heavy atom. The van der Waals surface area contributed by atoms with E-state index in [9.17, 15) is 8.78 Å². The van der Waals surface area contributed by atoms with Gasteiger partial charge in [-0.25, -0.2) is 8.78 Å². The minimum absolute atomic E-state index is 0.386. The summed E-state index contributed by atoms with van der Waals surface area (Å²) in [5.41, 5.74) is 7.27. The monoisotopic (exact) mass is 211 g/mol. The van der Waals surface area contributed by atoms with E-state index in [2.05, 4.69) is 6.58 Å². The number of nitrogens with two attached hydrogens (primary N) is 1. The van der Waals surface area contributed by atoms with E-state index in [0.29, 0.717) is 12.0 Å². The van der Waals surface area contributed by atoms with Gasteiger partial charge in [-0.3, -0.25) is 0 Å². The van der Waals surface area contributed by atoms with Crippen molar-refractivity contribution in [3.8, 4) is 0 Å². The molecule has 0 aliphatic heterocycles. The molecule has 82 valence electrons. The summed E-state index contributed by atoms with van der Waals surface area (Å²) in [6.07, 6.45) is 1.38. The second-order valence-electron chi connectivity index (χ2n) is 3.62. The molecule has 0 radical (unpaired) electrons. The zero-order chi connectivity index (χ0) is 11.4. The van der Waals surface area contributed by atoms with E-state index >= 15 is 0 Å². The Hall–Kier alpha value is -1.22. The van der Waals surface area contributed by atoms with Gasteiger partial charge >= 0.3 is 0 Å². The Morgan fingerprint density at radius 3 is 2.33 bits per heavy atom. The average molecular weight is 211 g/mol. The van der Waals surface area contributed by atoms with E-state index in [4.69, 9.17) is 5.73 Å². The first kappa shape index (κ1) is 11.9. The molecule has 0 aliphatic carbocycles. The van der Waals surface area contributed by atoms with Gasteiger partial charge in [0.25, 0.3) is 0 Å². The maximum Gasteiger partial charge on any atom is 0.126 e. The molecule has 1 aromatic rings. The van der Waals surface area contributed by atoms with Crippen LogP contribution in [0.15, 0.2) is 30.4 Å². The fourth-order valence-corrected chi connectivity index (χ4v) is 1.36. The standard InChI is InChI=1S/C12H15F2N/c1-3-8(2)4-12(15)9-5-10(13)7-11(14)6-9/h5-7,12H,2-4,15H2,1H3. The fourth-order valence-electron chi connectivity index (χ4n) is 1.36. The summed E-state index contributed by atoms with van der Waals surface area (Å²) in [7, 11) is 0. The Kier molecular flexibility index (Phi) is 3.97. The lowest BCUT2D eigenvalue weighted by Crippen LogP contribution is -2.11. The van der Waals surface area contributed by atoms with Gasteiger partial charge in [0, 0.05) is 12.1 Å². The summed E-state index contributed by atoms with van der Waals surface area (Å²) in [6, 6.07) is 2.97. The van der Waals surface area contributed by atoms with Crippen LogP contribution < -0.4 is 5.73 Å². The smallest absolute Gasteiger partial charge is 0.126 e. The van der Waals surface area contributed by atoms with Crippen LogP contribution in [0.2, 0.25) is 0 Å². The van der Waals surface area contributed by atoms with Gasteiger partial charge in [0.1, 0.15) is 11.6 Å². The second kappa shape index (κ2) is 5.03. The van der Waals surface area contributed by atoms with E-state index in [-0.39, 0.29) is 6.04 Å². The van der Waals surface area contributed by atoms with Crippen LogP contribution in [0.5, 0.6) is 0 Å². The third kappa shape index (κ3) is 3.44. The molecule has 0 saturated carbocycles. The molecule has 0 amide bonds. The van der Waals surface area contributed by atoms with Crippen molar-refractivity contribution in [2.24, 2.45) is 5.73 Å². The van der Waals surface area contributed by atoms with Gasteiger partial charge in [0.05, 0.1) is 0 Å². The Bertz CT molecular complexity index is 340. The van der Waals surface area contributed by atoms with Gasteiger partial charge in [-0.2, -0.15) is 0 Å². The van der Waals surface area contributed by atoms with Crippen LogP contribution in [0.3, 0.4) is 0 Å². The van der Waals surface area contributed by atoms with Gasteiger partial charge < -0.3 is 5.73 Å². The van der Waals surface area contributed by atoms with Gasteiger partial charge in [-0.15, -0.1) is 0 Å². The molecule has 0 saturated heterocycles. The molecule has 0 spiro atoms. The second-order valence-corrected chi connectivity index (χ2v) is 3.62. The molecule has 15 heavy (non-hydrogen) atoms. The van der Waals surface area contributed by atoms with Crippen molar-refractivity contribution in [3.63, 3.8) is 0 Å². The molecule has 0 aliphatic rings. The lowest BCUT2D eigenvalue weighted by Gasteiger charge is -2.13. The van der Waals surface area contributed by atoms with E-state index in [1.54, 1.807) is 0 Å². The highest BCUT2D eigenvalue weighted by atomic mass is 19.1. The first-order valence-electron chi connectivity index (χ1n) is 4.91. The predicted molar refractivity (Wildman–Crippen MR) is 57.3 cm³/mol. The predicted octanol–water partition coefficient (Wildman–Crippen LogP) is 3.32. The Morgan fingerprint density at radius 1 is 1.33 bits per heavy atom. The molecule has 0 fully saturated rings. The molecular weight excluding hydrogens is 196 g/mol. The Labute approximate surface area is 88.6 Å². The van der Waals surface area contributed by atoms with Crippen LogP contribution in [0.1, 0.15) is 31.4 Å². The lowest BCUT2D eigenvalue weighted by atomic mass is 9.99. The fraction of sp³-hybridized carbons (Fsp3) is 0.333. The van der Waals surface area contributed by atoms with Gasteiger partial charge in [0.2, 0.25) is 0 Å². The van der Waals surface area contributed by atoms with Crippen LogP contribution in [0.25, 0.3) is 0 Å². The normalized spacial score (nSPS) is 12.5. The summed E-state index contributed by atoms with van der Waals surface area (Å²) in [5, 5.41) is 0. The average Bonchev–Trinajstić information content (AvgIpc) is 2.16. The first-order chi connectivity index (χ1) is 7.02. The molecule has 2 N–H and O–H groups in total. The highest BCUT2D eigenvalue weighted by Crippen LogP contribution is 2.21. The summed E-state index contributed by atoms with van der Waals surface area (Å²) < 4.78 is 25.8. The molecule has 1 atom stereocenters. The van der Waals surface area contributed by atoms with E-state index in [0.717, 1.165) is 18.1 Å². The number of halogens is 2. The molecule has 3 heteroatoms. The van der Waals surface area contributed by atoms with Crippen LogP contribution >= 0.6 is 0 Å². The molecule has 0 aromatic heterocycles. The lowest BCUT2D eigenvalue weighted by molar-refractivity contribution is 0.572. The van der Waals surface area contributed by atoms with Crippen molar-refractivity contribution in [1.82, 2.24) is 0 Å². The van der Waals surface area contributed by atoms with Crippen LogP contribution in [0, 0.1) is 11.6 Å². The van der Waals surface area contributed by atoms with Crippen LogP contribution in [0.4, 0.5) is 8.78 Å². The minimum atomic E-state index is -0.595. The van der Waals surface area contributed by atoms with Gasteiger partial charge in [-0.05, 0) is 30.5 Å². The third-order valence-electron chi connectivity index (χ3n) is 2.32. The highest BCUT2D eigenvalue weighted by Gasteiger charge is 2.09. The first-order valence-corrected chi connectivity index (χ1v) is 4.91. The molecule has 1 rings (SSSR count). The third-order valence-corrected chi connectivity index (χ3v) is 2.32. The van der Waals surface area contributed by atoms with E-state index in [1.165, 1.54) is 12.1 Å². The maximum atomic E-state index is 12.9. The zero-order valence-corrected chi connectivity index (χ0v) is 8.76. The SMILES string of the molecule is C=C(CC)CC(N)c1cc(F)cc(F)c1. The summed E-state index contributed by atoms with van der Waals surface area (Å²) in [4.78, 5) is 0. The topological polar surface area (TPSA) is 26.0 Å². The number of hydrogen-bond donors (Lipinski definition) is 1. The van der Waals surface area contributed by atoms with Crippen LogP contribution in [-0.2, 0) is 0 Å². The number of rotatable bonds is 4. The summed E-state index contributed by atoms with van der Waals surface area (Å²) in [5.74, 6) is -1.19. The molecule has 1 aromatic carbocycles. The zero-order valence-electron chi connectivity index (χ0n) is 8.76. The van der Waals surface area contributed by atoms with Crippen molar-refractivity contribution in [2.75, 3.05) is 0 Å². The molecule has 0 bridgehead atoms. The van der Waals surface area contributed by atoms with Gasteiger partial charge in [-0.1, -0.05) is 19.1 Å². The van der Waals surface area contributed by atoms with Crippen LogP contribution in [-0.4, -0.2) is 0 Å². The van der Waals surface area contributed by atoms with Crippen molar-refractivity contribution < 1.29 is 8.78 Å². The summed E-state index contributed by atoms with van der Waals surface area (Å²) in [6.45, 7) is 5.79. The van der Waals surface area contributed by atoms with Crippen molar-refractivity contribution >= 4 is 0 Å². The van der Waals surface area contributed by atoms with Crippen molar-refractivity contribution in [1.29, 1.82) is 0 Å². The molecular formula is C12H15F2N. The Balaban J connectivity index is 2.81. The molecule has 1 unspecified atom stereocenters. The quantitative estimate of drug-likeness (QED) is 0.759. The molecule has 0 heterocycles.